The van der Waals surface area contributed by atoms with Crippen LogP contribution in [0.3, 0.4) is 0 Å². The molecule has 0 aliphatic heterocycles. The third-order valence-electron chi connectivity index (χ3n) is 6.03. The van der Waals surface area contributed by atoms with E-state index in [0.717, 1.165) is 12.1 Å². The van der Waals surface area contributed by atoms with Crippen LogP contribution in [0, 0.1) is 5.92 Å². The van der Waals surface area contributed by atoms with E-state index in [1.165, 1.54) is 27.4 Å². The first-order chi connectivity index (χ1) is 14.5. The summed E-state index contributed by atoms with van der Waals surface area (Å²) in [5.74, 6) is 0.143. The number of fused-ring (bicyclic) bond motifs is 3. The summed E-state index contributed by atoms with van der Waals surface area (Å²) in [6, 6.07) is 25.5. The highest BCUT2D eigenvalue weighted by molar-refractivity contribution is 6.08. The number of para-hydroxylation sites is 1. The van der Waals surface area contributed by atoms with Gasteiger partial charge in [-0.2, -0.15) is 0 Å². The van der Waals surface area contributed by atoms with Crippen LogP contribution in [0.15, 0.2) is 72.8 Å². The fourth-order valence-corrected chi connectivity index (χ4v) is 4.39. The van der Waals surface area contributed by atoms with E-state index < -0.39 is 0 Å². The van der Waals surface area contributed by atoms with E-state index in [-0.39, 0.29) is 17.9 Å². The Hall–Kier alpha value is -3.07. The van der Waals surface area contributed by atoms with Crippen LogP contribution in [-0.2, 0) is 17.9 Å². The summed E-state index contributed by atoms with van der Waals surface area (Å²) >= 11 is 0. The first kappa shape index (κ1) is 20.2. The predicted octanol–water partition coefficient (Wildman–Crippen LogP) is 6.56. The van der Waals surface area contributed by atoms with Gasteiger partial charge in [0.15, 0.2) is 0 Å². The molecule has 30 heavy (non-hydrogen) atoms. The maximum Gasteiger partial charge on any atom is 0.225 e. The smallest absolute Gasteiger partial charge is 0.225 e. The fourth-order valence-electron chi connectivity index (χ4n) is 4.39. The van der Waals surface area contributed by atoms with Gasteiger partial charge in [-0.05, 0) is 43.2 Å². The molecular formula is C27H30N2O. The Kier molecular flexibility index (Phi) is 5.63. The van der Waals surface area contributed by atoms with Crippen molar-refractivity contribution in [2.75, 3.05) is 0 Å². The second-order valence-electron chi connectivity index (χ2n) is 8.32. The zero-order valence-corrected chi connectivity index (χ0v) is 18.3. The summed E-state index contributed by atoms with van der Waals surface area (Å²) in [5, 5.41) is 2.53. The van der Waals surface area contributed by atoms with Crippen molar-refractivity contribution in [2.24, 2.45) is 5.92 Å². The lowest BCUT2D eigenvalue weighted by Crippen LogP contribution is -2.36. The average Bonchev–Trinajstić information content (AvgIpc) is 3.10. The van der Waals surface area contributed by atoms with Crippen molar-refractivity contribution < 1.29 is 4.79 Å². The van der Waals surface area contributed by atoms with Crippen molar-refractivity contribution in [1.29, 1.82) is 0 Å². The third kappa shape index (κ3) is 3.60. The zero-order chi connectivity index (χ0) is 21.3. The van der Waals surface area contributed by atoms with Crippen LogP contribution < -0.4 is 0 Å². The molecule has 0 saturated carbocycles. The second kappa shape index (κ2) is 8.35. The van der Waals surface area contributed by atoms with E-state index in [2.05, 4.69) is 73.0 Å². The molecule has 0 fully saturated rings. The topological polar surface area (TPSA) is 25.2 Å². The van der Waals surface area contributed by atoms with E-state index in [0.29, 0.717) is 6.54 Å². The molecule has 0 aliphatic rings. The molecule has 0 bridgehead atoms. The van der Waals surface area contributed by atoms with Crippen molar-refractivity contribution in [1.82, 2.24) is 9.47 Å². The number of hydrogen-bond donors (Lipinski definition) is 0. The normalized spacial score (nSPS) is 12.6. The maximum absolute atomic E-state index is 13.1. The Labute approximate surface area is 178 Å². The van der Waals surface area contributed by atoms with E-state index in [4.69, 9.17) is 0 Å². The monoisotopic (exact) mass is 398 g/mol. The minimum Gasteiger partial charge on any atom is -0.341 e. The highest BCUT2D eigenvalue weighted by atomic mass is 16.2. The van der Waals surface area contributed by atoms with Gasteiger partial charge in [0, 0.05) is 40.8 Å². The molecular weight excluding hydrogens is 368 g/mol. The minimum atomic E-state index is -0.0399. The molecule has 3 aromatic carbocycles. The molecule has 1 heterocycles. The Balaban J connectivity index is 1.76. The SMILES string of the molecule is CCn1c2ccccc2c2cc(CN(C(=O)C(C)C)C(C)c3ccccc3)ccc21. The summed E-state index contributed by atoms with van der Waals surface area (Å²) in [5.41, 5.74) is 4.84. The lowest BCUT2D eigenvalue weighted by atomic mass is 10.0. The molecule has 1 atom stereocenters. The molecule has 1 unspecified atom stereocenters. The van der Waals surface area contributed by atoms with Crippen LogP contribution in [-0.4, -0.2) is 15.4 Å². The molecule has 0 spiro atoms. The van der Waals surface area contributed by atoms with E-state index >= 15 is 0 Å². The molecule has 1 aromatic heterocycles. The predicted molar refractivity (Wildman–Crippen MR) is 125 cm³/mol. The fraction of sp³-hybridized carbons (Fsp3) is 0.296. The first-order valence-corrected chi connectivity index (χ1v) is 10.9. The molecule has 4 aromatic rings. The van der Waals surface area contributed by atoms with Gasteiger partial charge in [-0.15, -0.1) is 0 Å². The lowest BCUT2D eigenvalue weighted by Gasteiger charge is -2.31. The van der Waals surface area contributed by atoms with E-state index in [9.17, 15) is 4.79 Å². The maximum atomic E-state index is 13.1. The summed E-state index contributed by atoms with van der Waals surface area (Å²) < 4.78 is 2.36. The van der Waals surface area contributed by atoms with Gasteiger partial charge < -0.3 is 9.47 Å². The Morgan fingerprint density at radius 1 is 0.867 bits per heavy atom. The van der Waals surface area contributed by atoms with Gasteiger partial charge in [-0.3, -0.25) is 4.79 Å². The highest BCUT2D eigenvalue weighted by Crippen LogP contribution is 2.31. The quantitative estimate of drug-likeness (QED) is 0.361. The number of benzene rings is 3. The number of nitrogens with zero attached hydrogens (tertiary/aromatic N) is 2. The largest absolute Gasteiger partial charge is 0.341 e. The van der Waals surface area contributed by atoms with Crippen molar-refractivity contribution in [2.45, 2.75) is 46.8 Å². The number of aryl methyl sites for hydroxylation is 1. The van der Waals surface area contributed by atoms with Crippen LogP contribution in [0.2, 0.25) is 0 Å². The highest BCUT2D eigenvalue weighted by Gasteiger charge is 2.24. The number of rotatable bonds is 6. The van der Waals surface area contributed by atoms with E-state index in [1.807, 2.05) is 36.9 Å². The molecule has 1 amide bonds. The molecule has 4 rings (SSSR count). The standard InChI is InChI=1S/C27H30N2O/c1-5-28-25-14-10-9-13-23(25)24-17-21(15-16-26(24)28)18-29(27(30)19(2)3)20(4)22-11-7-6-8-12-22/h6-17,19-20H,5,18H2,1-4H3. The van der Waals surface area contributed by atoms with Crippen molar-refractivity contribution in [3.05, 3.63) is 83.9 Å². The Bertz CT molecular complexity index is 1170. The summed E-state index contributed by atoms with van der Waals surface area (Å²) in [7, 11) is 0. The first-order valence-electron chi connectivity index (χ1n) is 10.9. The van der Waals surface area contributed by atoms with Gasteiger partial charge in [0.25, 0.3) is 0 Å². The lowest BCUT2D eigenvalue weighted by molar-refractivity contribution is -0.137. The Morgan fingerprint density at radius 3 is 2.23 bits per heavy atom. The molecule has 3 heteroatoms. The van der Waals surface area contributed by atoms with Crippen molar-refractivity contribution in [3.63, 3.8) is 0 Å². The van der Waals surface area contributed by atoms with Gasteiger partial charge in [0.05, 0.1) is 6.04 Å². The number of carbonyl (C=O) groups is 1. The summed E-state index contributed by atoms with van der Waals surface area (Å²) in [6.45, 7) is 9.80. The molecule has 0 aliphatic carbocycles. The van der Waals surface area contributed by atoms with Gasteiger partial charge in [0.1, 0.15) is 0 Å². The molecule has 3 nitrogen and oxygen atoms in total. The number of aromatic nitrogens is 1. The van der Waals surface area contributed by atoms with Gasteiger partial charge in [0.2, 0.25) is 5.91 Å². The molecule has 0 saturated heterocycles. The van der Waals surface area contributed by atoms with E-state index in [1.54, 1.807) is 0 Å². The molecule has 0 radical (unpaired) electrons. The van der Waals surface area contributed by atoms with Gasteiger partial charge in [-0.1, -0.05) is 68.4 Å². The number of amides is 1. The minimum absolute atomic E-state index is 0.0220. The van der Waals surface area contributed by atoms with Crippen LogP contribution in [0.5, 0.6) is 0 Å². The molecule has 154 valence electrons. The summed E-state index contributed by atoms with van der Waals surface area (Å²) in [4.78, 5) is 15.1. The average molecular weight is 399 g/mol. The van der Waals surface area contributed by atoms with Gasteiger partial charge in [-0.25, -0.2) is 0 Å². The number of carbonyl (C=O) groups excluding carboxylic acids is 1. The third-order valence-corrected chi connectivity index (χ3v) is 6.03. The second-order valence-corrected chi connectivity index (χ2v) is 8.32. The van der Waals surface area contributed by atoms with Gasteiger partial charge >= 0.3 is 0 Å². The van der Waals surface area contributed by atoms with Crippen LogP contribution in [0.25, 0.3) is 21.8 Å². The van der Waals surface area contributed by atoms with Crippen LogP contribution in [0.1, 0.15) is 44.9 Å². The zero-order valence-electron chi connectivity index (χ0n) is 18.3. The van der Waals surface area contributed by atoms with Crippen molar-refractivity contribution in [3.8, 4) is 0 Å². The van der Waals surface area contributed by atoms with Crippen LogP contribution in [0.4, 0.5) is 0 Å². The van der Waals surface area contributed by atoms with Crippen molar-refractivity contribution >= 4 is 27.7 Å². The summed E-state index contributed by atoms with van der Waals surface area (Å²) in [6.07, 6.45) is 0. The number of hydrogen-bond acceptors (Lipinski definition) is 1. The molecule has 0 N–H and O–H groups in total. The van der Waals surface area contributed by atoms with Crippen LogP contribution >= 0.6 is 0 Å². The Morgan fingerprint density at radius 2 is 1.53 bits per heavy atom.